The molecule has 0 radical (unpaired) electrons. The Morgan fingerprint density at radius 3 is 2.55 bits per heavy atom. The fraction of sp³-hybridized carbons (Fsp3) is 0.857. The van der Waals surface area contributed by atoms with Gasteiger partial charge in [0.25, 0.3) is 0 Å². The molecule has 6 heteroatoms. The molecule has 0 spiro atoms. The third-order valence-electron chi connectivity index (χ3n) is 3.91. The molecule has 1 aromatic heterocycles. The van der Waals surface area contributed by atoms with E-state index in [4.69, 9.17) is 10.5 Å². The minimum atomic E-state index is -0.166. The molecule has 20 heavy (non-hydrogen) atoms. The van der Waals surface area contributed by atoms with Gasteiger partial charge < -0.3 is 15.4 Å². The van der Waals surface area contributed by atoms with Gasteiger partial charge in [-0.1, -0.05) is 6.92 Å². The van der Waals surface area contributed by atoms with E-state index in [1.54, 1.807) is 0 Å². The average molecular weight is 281 g/mol. The summed E-state index contributed by atoms with van der Waals surface area (Å²) in [6, 6.07) is 0. The molecule has 2 heterocycles. The Bertz CT molecular complexity index is 429. The second kappa shape index (κ2) is 5.69. The number of ether oxygens (including phenoxy) is 1. The van der Waals surface area contributed by atoms with Crippen molar-refractivity contribution < 1.29 is 4.74 Å². The van der Waals surface area contributed by atoms with Crippen molar-refractivity contribution in [2.75, 3.05) is 24.5 Å². The van der Waals surface area contributed by atoms with Gasteiger partial charge in [-0.15, -0.1) is 5.10 Å². The molecule has 0 aromatic carbocycles. The summed E-state index contributed by atoms with van der Waals surface area (Å²) in [5.74, 6) is 1.55. The lowest BCUT2D eigenvalue weighted by Gasteiger charge is -2.38. The standard InChI is InChI=1S/C14H27N5O/c1-13(2,3)20-9-11-16-12(18-17-11)19-7-5-14(4,10-15)6-8-19/h5-10,15H2,1-4H3,(H,16,17,18). The molecule has 3 N–H and O–H groups in total. The first-order valence-electron chi connectivity index (χ1n) is 7.32. The highest BCUT2D eigenvalue weighted by Crippen LogP contribution is 2.30. The van der Waals surface area contributed by atoms with Crippen LogP contribution in [0.4, 0.5) is 5.95 Å². The van der Waals surface area contributed by atoms with Gasteiger partial charge in [-0.25, -0.2) is 0 Å². The van der Waals surface area contributed by atoms with E-state index in [-0.39, 0.29) is 11.0 Å². The SMILES string of the molecule is CC1(CN)CCN(c2n[nH]c(COC(C)(C)C)n2)CC1. The lowest BCUT2D eigenvalue weighted by molar-refractivity contribution is -0.0180. The molecule has 6 nitrogen and oxygen atoms in total. The van der Waals surface area contributed by atoms with E-state index in [1.165, 1.54) is 0 Å². The maximum Gasteiger partial charge on any atom is 0.244 e. The predicted octanol–water partition coefficient (Wildman–Crippen LogP) is 1.68. The van der Waals surface area contributed by atoms with Crippen LogP contribution in [0.1, 0.15) is 46.4 Å². The van der Waals surface area contributed by atoms with Crippen molar-refractivity contribution in [2.45, 2.75) is 52.7 Å². The summed E-state index contributed by atoms with van der Waals surface area (Å²) in [5, 5.41) is 7.25. The molecular formula is C14H27N5O. The molecule has 0 bridgehead atoms. The van der Waals surface area contributed by atoms with E-state index in [0.717, 1.165) is 44.2 Å². The maximum absolute atomic E-state index is 5.83. The lowest BCUT2D eigenvalue weighted by atomic mass is 9.81. The summed E-state index contributed by atoms with van der Waals surface area (Å²) < 4.78 is 5.70. The number of nitrogens with two attached hydrogens (primary N) is 1. The number of hydrogen-bond acceptors (Lipinski definition) is 5. The van der Waals surface area contributed by atoms with Crippen molar-refractivity contribution in [3.63, 3.8) is 0 Å². The van der Waals surface area contributed by atoms with Gasteiger partial charge in [-0.05, 0) is 45.6 Å². The van der Waals surface area contributed by atoms with Gasteiger partial charge in [-0.3, -0.25) is 5.10 Å². The van der Waals surface area contributed by atoms with Crippen LogP contribution in [0.25, 0.3) is 0 Å². The van der Waals surface area contributed by atoms with Crippen LogP contribution in [-0.4, -0.2) is 40.4 Å². The summed E-state index contributed by atoms with van der Waals surface area (Å²) in [7, 11) is 0. The van der Waals surface area contributed by atoms with Gasteiger partial charge in [0.05, 0.1) is 5.60 Å². The van der Waals surface area contributed by atoms with Gasteiger partial charge in [-0.2, -0.15) is 4.98 Å². The fourth-order valence-corrected chi connectivity index (χ4v) is 2.23. The number of rotatable bonds is 4. The van der Waals surface area contributed by atoms with Crippen molar-refractivity contribution in [1.29, 1.82) is 0 Å². The van der Waals surface area contributed by atoms with Gasteiger partial charge in [0.1, 0.15) is 6.61 Å². The van der Waals surface area contributed by atoms with E-state index in [0.29, 0.717) is 6.61 Å². The molecule has 1 fully saturated rings. The molecule has 0 unspecified atom stereocenters. The molecular weight excluding hydrogens is 254 g/mol. The number of aromatic amines is 1. The fourth-order valence-electron chi connectivity index (χ4n) is 2.23. The van der Waals surface area contributed by atoms with E-state index in [9.17, 15) is 0 Å². The Labute approximate surface area is 121 Å². The Hall–Kier alpha value is -1.14. The number of aromatic nitrogens is 3. The topological polar surface area (TPSA) is 80.1 Å². The molecule has 114 valence electrons. The number of nitrogens with one attached hydrogen (secondary N) is 1. The number of piperidine rings is 1. The van der Waals surface area contributed by atoms with Crippen molar-refractivity contribution in [3.05, 3.63) is 5.82 Å². The molecule has 0 aliphatic carbocycles. The van der Waals surface area contributed by atoms with E-state index in [1.807, 2.05) is 20.8 Å². The van der Waals surface area contributed by atoms with Crippen LogP contribution in [0.2, 0.25) is 0 Å². The van der Waals surface area contributed by atoms with Gasteiger partial charge >= 0.3 is 0 Å². The normalized spacial score (nSPS) is 19.4. The van der Waals surface area contributed by atoms with Gasteiger partial charge in [0.15, 0.2) is 5.82 Å². The molecule has 1 aromatic rings. The molecule has 0 atom stereocenters. The van der Waals surface area contributed by atoms with Crippen LogP contribution in [0, 0.1) is 5.41 Å². The Kier molecular flexibility index (Phi) is 4.34. The summed E-state index contributed by atoms with van der Waals surface area (Å²) in [6.07, 6.45) is 2.18. The lowest BCUT2D eigenvalue weighted by Crippen LogP contribution is -2.42. The number of anilines is 1. The zero-order valence-electron chi connectivity index (χ0n) is 13.1. The number of hydrogen-bond donors (Lipinski definition) is 2. The van der Waals surface area contributed by atoms with Crippen molar-refractivity contribution in [1.82, 2.24) is 15.2 Å². The zero-order chi connectivity index (χ0) is 14.8. The highest BCUT2D eigenvalue weighted by Gasteiger charge is 2.30. The van der Waals surface area contributed by atoms with Gasteiger partial charge in [0, 0.05) is 13.1 Å². The summed E-state index contributed by atoms with van der Waals surface area (Å²) in [5.41, 5.74) is 5.94. The quantitative estimate of drug-likeness (QED) is 0.878. The predicted molar refractivity (Wildman–Crippen MR) is 79.5 cm³/mol. The van der Waals surface area contributed by atoms with Crippen LogP contribution in [0.5, 0.6) is 0 Å². The second-order valence-electron chi connectivity index (χ2n) is 6.98. The molecule has 0 amide bonds. The average Bonchev–Trinajstić information content (AvgIpc) is 2.85. The summed E-state index contributed by atoms with van der Waals surface area (Å²) in [4.78, 5) is 6.73. The molecule has 2 rings (SSSR count). The van der Waals surface area contributed by atoms with Crippen LogP contribution in [0.3, 0.4) is 0 Å². The van der Waals surface area contributed by atoms with Crippen LogP contribution in [-0.2, 0) is 11.3 Å². The summed E-state index contributed by atoms with van der Waals surface area (Å²) in [6.45, 7) is 11.5. The number of H-pyrrole nitrogens is 1. The smallest absolute Gasteiger partial charge is 0.244 e. The van der Waals surface area contributed by atoms with Gasteiger partial charge in [0.2, 0.25) is 5.95 Å². The van der Waals surface area contributed by atoms with Crippen molar-refractivity contribution in [2.24, 2.45) is 11.1 Å². The molecule has 1 aliphatic heterocycles. The highest BCUT2D eigenvalue weighted by atomic mass is 16.5. The maximum atomic E-state index is 5.83. The highest BCUT2D eigenvalue weighted by molar-refractivity contribution is 5.29. The van der Waals surface area contributed by atoms with E-state index < -0.39 is 0 Å². The van der Waals surface area contributed by atoms with Crippen molar-refractivity contribution in [3.8, 4) is 0 Å². The Morgan fingerprint density at radius 1 is 1.35 bits per heavy atom. The van der Waals surface area contributed by atoms with E-state index in [2.05, 4.69) is 27.0 Å². The van der Waals surface area contributed by atoms with Crippen molar-refractivity contribution >= 4 is 5.95 Å². The second-order valence-corrected chi connectivity index (χ2v) is 6.98. The molecule has 1 saturated heterocycles. The first kappa shape index (κ1) is 15.3. The minimum absolute atomic E-state index is 0.166. The zero-order valence-corrected chi connectivity index (χ0v) is 13.1. The molecule has 1 aliphatic rings. The van der Waals surface area contributed by atoms with Crippen LogP contribution < -0.4 is 10.6 Å². The van der Waals surface area contributed by atoms with E-state index >= 15 is 0 Å². The minimum Gasteiger partial charge on any atom is -0.368 e. The number of nitrogens with zero attached hydrogens (tertiary/aromatic N) is 3. The van der Waals surface area contributed by atoms with Crippen LogP contribution >= 0.6 is 0 Å². The largest absolute Gasteiger partial charge is 0.368 e. The van der Waals surface area contributed by atoms with Crippen LogP contribution in [0.15, 0.2) is 0 Å². The molecule has 0 saturated carbocycles. The Balaban J connectivity index is 1.90. The first-order valence-corrected chi connectivity index (χ1v) is 7.32. The third-order valence-corrected chi connectivity index (χ3v) is 3.91. The Morgan fingerprint density at radius 2 is 2.00 bits per heavy atom. The third kappa shape index (κ3) is 3.93. The first-order chi connectivity index (χ1) is 9.31. The summed E-state index contributed by atoms with van der Waals surface area (Å²) >= 11 is 0. The monoisotopic (exact) mass is 281 g/mol.